The Morgan fingerprint density at radius 1 is 0.812 bits per heavy atom. The van der Waals surface area contributed by atoms with E-state index < -0.39 is 10.1 Å². The van der Waals surface area contributed by atoms with Crippen LogP contribution >= 0.6 is 0 Å². The average molecular weight is 487 g/mol. The molecule has 0 saturated carbocycles. The van der Waals surface area contributed by atoms with E-state index in [9.17, 15) is 18.1 Å². The van der Waals surface area contributed by atoms with Crippen molar-refractivity contribution in [2.75, 3.05) is 0 Å². The number of unbranched alkanes of at least 4 members (excludes halogenated alkanes) is 10. The number of rotatable bonds is 15. The van der Waals surface area contributed by atoms with Gasteiger partial charge in [-0.2, -0.15) is 8.42 Å². The minimum atomic E-state index is -4.44. The van der Waals surface area contributed by atoms with Gasteiger partial charge in [0.15, 0.2) is 0 Å². The van der Waals surface area contributed by atoms with Crippen molar-refractivity contribution in [3.05, 3.63) is 48.0 Å². The molecule has 0 unspecified atom stereocenters. The van der Waals surface area contributed by atoms with Crippen LogP contribution in [0.1, 0.15) is 83.1 Å². The molecule has 5 nitrogen and oxygen atoms in total. The molecule has 0 atom stereocenters. The van der Waals surface area contributed by atoms with Crippen LogP contribution in [0.15, 0.2) is 47.4 Å². The van der Waals surface area contributed by atoms with Crippen LogP contribution in [-0.2, 0) is 16.5 Å². The molecule has 0 fully saturated rings. The first-order chi connectivity index (χ1) is 14.9. The third kappa shape index (κ3) is 11.1. The minimum Gasteiger partial charge on any atom is -0.870 e. The number of hydrogen-bond donors (Lipinski definition) is 1. The standard InChI is InChI=1S/C25H36O5S.K/c1-2-3-4-5-6-7-8-9-10-11-12-15-21-18-19-22(26)24(20-21)30-23-16-13-14-17-25(23)31(27,28)29;/h13-14,16-20,26H,2-12,15H2,1H3,(H,27,28,29);/q;+1/p-1. The maximum atomic E-state index is 12.2. The normalized spacial score (nSPS) is 11.2. The molecule has 0 aromatic heterocycles. The van der Waals surface area contributed by atoms with Gasteiger partial charge >= 0.3 is 51.4 Å². The summed E-state index contributed by atoms with van der Waals surface area (Å²) in [7, 11) is -4.44. The molecule has 0 aliphatic carbocycles. The largest absolute Gasteiger partial charge is 1.00 e. The first kappa shape index (κ1) is 29.6. The summed E-state index contributed by atoms with van der Waals surface area (Å²) in [5, 5.41) is 12.2. The Morgan fingerprint density at radius 2 is 1.38 bits per heavy atom. The van der Waals surface area contributed by atoms with Gasteiger partial charge in [0.1, 0.15) is 16.4 Å². The fourth-order valence-electron chi connectivity index (χ4n) is 3.65. The van der Waals surface area contributed by atoms with Crippen molar-refractivity contribution in [1.29, 1.82) is 0 Å². The summed E-state index contributed by atoms with van der Waals surface area (Å²) in [5.74, 6) is -0.321. The van der Waals surface area contributed by atoms with E-state index in [1.165, 1.54) is 82.1 Å². The van der Waals surface area contributed by atoms with E-state index in [0.717, 1.165) is 24.8 Å². The van der Waals surface area contributed by atoms with E-state index >= 15 is 0 Å². The Labute approximate surface area is 236 Å². The van der Waals surface area contributed by atoms with Crippen molar-refractivity contribution < 1.29 is 74.2 Å². The first-order valence-corrected chi connectivity index (χ1v) is 12.9. The molecule has 0 saturated heterocycles. The molecule has 0 amide bonds. The molecule has 0 heterocycles. The second kappa shape index (κ2) is 16.3. The molecule has 0 spiro atoms. The Balaban J connectivity index is 0.00000512. The molecule has 2 rings (SSSR count). The fraction of sp³-hybridized carbons (Fsp3) is 0.520. The van der Waals surface area contributed by atoms with Crippen LogP contribution in [0.25, 0.3) is 0 Å². The number of hydrogen-bond acceptors (Lipinski definition) is 4. The van der Waals surface area contributed by atoms with Gasteiger partial charge in [0.05, 0.1) is 0 Å². The summed E-state index contributed by atoms with van der Waals surface area (Å²) in [4.78, 5) is -0.356. The molecule has 172 valence electrons. The molecule has 0 aliphatic rings. The zero-order valence-electron chi connectivity index (χ0n) is 19.5. The SMILES string of the molecule is CCCCCCCCCCCCCc1ccc([O-])c(Oc2ccccc2S(=O)(=O)O)c1.[K+]. The number of para-hydroxylation sites is 1. The molecule has 0 aliphatic heterocycles. The van der Waals surface area contributed by atoms with Gasteiger partial charge in [0, 0.05) is 0 Å². The zero-order chi connectivity index (χ0) is 22.5. The van der Waals surface area contributed by atoms with E-state index in [1.807, 2.05) is 0 Å². The van der Waals surface area contributed by atoms with Crippen LogP contribution in [-0.4, -0.2) is 13.0 Å². The maximum Gasteiger partial charge on any atom is 1.00 e. The quantitative estimate of drug-likeness (QED) is 0.236. The van der Waals surface area contributed by atoms with Crippen molar-refractivity contribution >= 4 is 10.1 Å². The number of aryl methyl sites for hydroxylation is 1. The third-order valence-corrected chi connectivity index (χ3v) is 6.32. The van der Waals surface area contributed by atoms with Crippen molar-refractivity contribution in [2.24, 2.45) is 0 Å². The average Bonchev–Trinajstić information content (AvgIpc) is 2.74. The molecule has 7 heteroatoms. The summed E-state index contributed by atoms with van der Waals surface area (Å²) in [6.45, 7) is 2.24. The smallest absolute Gasteiger partial charge is 0.870 e. The predicted octanol–water partition coefficient (Wildman–Crippen LogP) is 3.66. The zero-order valence-corrected chi connectivity index (χ0v) is 23.5. The summed E-state index contributed by atoms with van der Waals surface area (Å²) in [5.41, 5.74) is 0.981. The minimum absolute atomic E-state index is 0. The van der Waals surface area contributed by atoms with E-state index in [2.05, 4.69) is 6.92 Å². The van der Waals surface area contributed by atoms with Crippen molar-refractivity contribution in [3.63, 3.8) is 0 Å². The Bertz CT molecular complexity index is 899. The summed E-state index contributed by atoms with van der Waals surface area (Å²) < 4.78 is 38.0. The molecule has 1 N–H and O–H groups in total. The molecule has 0 bridgehead atoms. The van der Waals surface area contributed by atoms with Crippen molar-refractivity contribution in [1.82, 2.24) is 0 Å². The van der Waals surface area contributed by atoms with Crippen LogP contribution in [0.4, 0.5) is 0 Å². The van der Waals surface area contributed by atoms with Crippen LogP contribution in [0, 0.1) is 0 Å². The van der Waals surface area contributed by atoms with Gasteiger partial charge < -0.3 is 9.84 Å². The molecular formula is C25H35KO5S. The summed E-state index contributed by atoms with van der Waals surface area (Å²) in [6, 6.07) is 10.6. The predicted molar refractivity (Wildman–Crippen MR) is 122 cm³/mol. The Kier molecular flexibility index (Phi) is 15.0. The van der Waals surface area contributed by atoms with E-state index in [4.69, 9.17) is 4.74 Å². The van der Waals surface area contributed by atoms with Gasteiger partial charge in [0.2, 0.25) is 0 Å². The van der Waals surface area contributed by atoms with Gasteiger partial charge in [-0.25, -0.2) is 0 Å². The van der Waals surface area contributed by atoms with Crippen LogP contribution in [0.5, 0.6) is 17.2 Å². The monoisotopic (exact) mass is 486 g/mol. The topological polar surface area (TPSA) is 86.7 Å². The van der Waals surface area contributed by atoms with Gasteiger partial charge in [-0.05, 0) is 36.6 Å². The molecular weight excluding hydrogens is 451 g/mol. The van der Waals surface area contributed by atoms with Crippen LogP contribution < -0.4 is 61.2 Å². The fourth-order valence-corrected chi connectivity index (χ4v) is 4.26. The van der Waals surface area contributed by atoms with Crippen molar-refractivity contribution in [3.8, 4) is 17.2 Å². The van der Waals surface area contributed by atoms with Gasteiger partial charge in [-0.1, -0.05) is 101 Å². The summed E-state index contributed by atoms with van der Waals surface area (Å²) >= 11 is 0. The van der Waals surface area contributed by atoms with Crippen molar-refractivity contribution in [2.45, 2.75) is 88.9 Å². The summed E-state index contributed by atoms with van der Waals surface area (Å²) in [6.07, 6.45) is 14.9. The maximum absolute atomic E-state index is 12.2. The Hall–Kier alpha value is -0.414. The molecule has 32 heavy (non-hydrogen) atoms. The molecule has 2 aromatic carbocycles. The Morgan fingerprint density at radius 3 is 1.97 bits per heavy atom. The second-order valence-corrected chi connectivity index (χ2v) is 9.48. The van der Waals surface area contributed by atoms with Gasteiger partial charge in [0.25, 0.3) is 10.1 Å². The van der Waals surface area contributed by atoms with E-state index in [1.54, 1.807) is 18.2 Å². The van der Waals surface area contributed by atoms with Gasteiger partial charge in [-0.3, -0.25) is 4.55 Å². The third-order valence-electron chi connectivity index (χ3n) is 5.42. The second-order valence-electron chi connectivity index (χ2n) is 8.09. The first-order valence-electron chi connectivity index (χ1n) is 11.5. The number of ether oxygens (including phenoxy) is 1. The van der Waals surface area contributed by atoms with E-state index in [0.29, 0.717) is 0 Å². The number of benzene rings is 2. The molecule has 2 aromatic rings. The van der Waals surface area contributed by atoms with Gasteiger partial charge in [-0.15, -0.1) is 0 Å². The van der Waals surface area contributed by atoms with Crippen LogP contribution in [0.3, 0.4) is 0 Å². The van der Waals surface area contributed by atoms with Crippen LogP contribution in [0.2, 0.25) is 0 Å². The molecule has 0 radical (unpaired) electrons. The van der Waals surface area contributed by atoms with E-state index in [-0.39, 0.29) is 73.5 Å².